The van der Waals surface area contributed by atoms with E-state index < -0.39 is 0 Å². The molecule has 1 N–H and O–H groups in total. The lowest BCUT2D eigenvalue weighted by Crippen LogP contribution is -2.50. The van der Waals surface area contributed by atoms with E-state index in [-0.39, 0.29) is 5.41 Å². The van der Waals surface area contributed by atoms with Crippen LogP contribution in [0.2, 0.25) is 0 Å². The second-order valence-corrected chi connectivity index (χ2v) is 7.55. The third kappa shape index (κ3) is 4.11. The van der Waals surface area contributed by atoms with Gasteiger partial charge in [0.25, 0.3) is 0 Å². The van der Waals surface area contributed by atoms with Crippen molar-refractivity contribution >= 4 is 0 Å². The Morgan fingerprint density at radius 1 is 1.20 bits per heavy atom. The Bertz CT molecular complexity index is 671. The first-order valence-corrected chi connectivity index (χ1v) is 9.13. The highest BCUT2D eigenvalue weighted by Gasteiger charge is 2.39. The summed E-state index contributed by atoms with van der Waals surface area (Å²) in [5.41, 5.74) is 1.19. The van der Waals surface area contributed by atoms with Crippen LogP contribution in [0.25, 0.3) is 0 Å². The van der Waals surface area contributed by atoms with Gasteiger partial charge in [0, 0.05) is 31.6 Å². The number of aryl methyl sites for hydroxylation is 1. The van der Waals surface area contributed by atoms with E-state index in [1.165, 1.54) is 12.8 Å². The van der Waals surface area contributed by atoms with Crippen molar-refractivity contribution in [3.05, 3.63) is 35.5 Å². The number of likely N-dealkylation sites (tertiary alicyclic amines) is 1. The molecule has 1 spiro atoms. The summed E-state index contributed by atoms with van der Waals surface area (Å²) < 4.78 is 11.8. The van der Waals surface area contributed by atoms with E-state index in [2.05, 4.69) is 31.3 Å². The van der Waals surface area contributed by atoms with E-state index in [9.17, 15) is 0 Å². The molecular weight excluding hydrogens is 318 g/mol. The molecule has 2 fully saturated rings. The first kappa shape index (κ1) is 16.8. The SMILES string of the molecule is Cc1ccc(CN2CCC[C@@]3(COCCN(Cc4cn[nH]n4)C3)C2)o1. The number of hydrogen-bond acceptors (Lipinski definition) is 6. The van der Waals surface area contributed by atoms with E-state index >= 15 is 0 Å². The molecule has 25 heavy (non-hydrogen) atoms. The van der Waals surface area contributed by atoms with Gasteiger partial charge in [0.1, 0.15) is 11.5 Å². The number of aromatic amines is 1. The number of aromatic nitrogens is 3. The molecule has 2 aromatic rings. The van der Waals surface area contributed by atoms with Crippen LogP contribution in [0, 0.1) is 12.3 Å². The Labute approximate surface area is 148 Å². The van der Waals surface area contributed by atoms with Crippen molar-refractivity contribution < 1.29 is 9.15 Å². The Morgan fingerprint density at radius 2 is 2.08 bits per heavy atom. The Kier molecular flexibility index (Phi) is 4.87. The van der Waals surface area contributed by atoms with Gasteiger partial charge in [-0.1, -0.05) is 0 Å². The van der Waals surface area contributed by atoms with Gasteiger partial charge in [0.2, 0.25) is 0 Å². The van der Waals surface area contributed by atoms with E-state index in [0.29, 0.717) is 0 Å². The molecule has 136 valence electrons. The van der Waals surface area contributed by atoms with Crippen LogP contribution in [0.3, 0.4) is 0 Å². The highest BCUT2D eigenvalue weighted by atomic mass is 16.5. The number of hydrogen-bond donors (Lipinski definition) is 1. The third-order valence-corrected chi connectivity index (χ3v) is 5.29. The number of furan rings is 1. The lowest BCUT2D eigenvalue weighted by molar-refractivity contribution is 0.000514. The number of nitrogens with zero attached hydrogens (tertiary/aromatic N) is 4. The first-order chi connectivity index (χ1) is 12.2. The molecule has 4 heterocycles. The van der Waals surface area contributed by atoms with Crippen LogP contribution in [0.15, 0.2) is 22.7 Å². The molecule has 0 aromatic carbocycles. The average molecular weight is 345 g/mol. The number of H-pyrrole nitrogens is 1. The van der Waals surface area contributed by atoms with Crippen LogP contribution in [0.4, 0.5) is 0 Å². The smallest absolute Gasteiger partial charge is 0.118 e. The fraction of sp³-hybridized carbons (Fsp3) is 0.667. The summed E-state index contributed by atoms with van der Waals surface area (Å²) in [6, 6.07) is 4.14. The quantitative estimate of drug-likeness (QED) is 0.911. The zero-order valence-electron chi connectivity index (χ0n) is 14.9. The van der Waals surface area contributed by atoms with Crippen molar-refractivity contribution in [1.29, 1.82) is 0 Å². The second-order valence-electron chi connectivity index (χ2n) is 7.55. The molecule has 1 atom stereocenters. The van der Waals surface area contributed by atoms with Crippen molar-refractivity contribution in [2.75, 3.05) is 39.4 Å². The summed E-state index contributed by atoms with van der Waals surface area (Å²) >= 11 is 0. The van der Waals surface area contributed by atoms with Crippen molar-refractivity contribution in [2.24, 2.45) is 5.41 Å². The lowest BCUT2D eigenvalue weighted by Gasteiger charge is -2.43. The number of nitrogens with one attached hydrogen (secondary N) is 1. The molecule has 0 radical (unpaired) electrons. The molecule has 0 saturated carbocycles. The summed E-state index contributed by atoms with van der Waals surface area (Å²) in [7, 11) is 0. The van der Waals surface area contributed by atoms with Crippen LogP contribution in [0.1, 0.15) is 30.1 Å². The van der Waals surface area contributed by atoms with E-state index in [1.807, 2.05) is 19.2 Å². The van der Waals surface area contributed by atoms with Gasteiger partial charge < -0.3 is 9.15 Å². The molecular formula is C18H27N5O2. The summed E-state index contributed by atoms with van der Waals surface area (Å²) in [5.74, 6) is 2.04. The van der Waals surface area contributed by atoms with Gasteiger partial charge in [-0.2, -0.15) is 15.4 Å². The number of piperidine rings is 1. The topological polar surface area (TPSA) is 70.4 Å². The second kappa shape index (κ2) is 7.27. The van der Waals surface area contributed by atoms with Gasteiger partial charge in [-0.3, -0.25) is 9.80 Å². The maximum Gasteiger partial charge on any atom is 0.118 e. The molecule has 0 bridgehead atoms. The van der Waals surface area contributed by atoms with Gasteiger partial charge in [-0.15, -0.1) is 0 Å². The predicted molar refractivity (Wildman–Crippen MR) is 92.9 cm³/mol. The monoisotopic (exact) mass is 345 g/mol. The Morgan fingerprint density at radius 3 is 2.84 bits per heavy atom. The van der Waals surface area contributed by atoms with E-state index in [1.54, 1.807) is 0 Å². The largest absolute Gasteiger partial charge is 0.465 e. The summed E-state index contributed by atoms with van der Waals surface area (Å²) in [5, 5.41) is 10.8. The highest BCUT2D eigenvalue weighted by Crippen LogP contribution is 2.34. The number of rotatable bonds is 4. The van der Waals surface area contributed by atoms with Crippen LogP contribution in [0.5, 0.6) is 0 Å². The zero-order chi connectivity index (χ0) is 17.1. The lowest BCUT2D eigenvalue weighted by atomic mass is 9.80. The average Bonchev–Trinajstić information content (AvgIpc) is 3.19. The Hall–Kier alpha value is -1.70. The van der Waals surface area contributed by atoms with Crippen molar-refractivity contribution in [3.63, 3.8) is 0 Å². The summed E-state index contributed by atoms with van der Waals surface area (Å²) in [6.07, 6.45) is 4.24. The normalized spacial score (nSPS) is 26.1. The molecule has 2 saturated heterocycles. The van der Waals surface area contributed by atoms with Crippen LogP contribution >= 0.6 is 0 Å². The van der Waals surface area contributed by atoms with Gasteiger partial charge in [0.05, 0.1) is 31.6 Å². The van der Waals surface area contributed by atoms with E-state index in [0.717, 1.165) is 69.7 Å². The van der Waals surface area contributed by atoms with Crippen molar-refractivity contribution in [2.45, 2.75) is 32.9 Å². The van der Waals surface area contributed by atoms with Crippen molar-refractivity contribution in [1.82, 2.24) is 25.2 Å². The maximum atomic E-state index is 6.00. The molecule has 0 aliphatic carbocycles. The third-order valence-electron chi connectivity index (χ3n) is 5.29. The minimum Gasteiger partial charge on any atom is -0.465 e. The summed E-state index contributed by atoms with van der Waals surface area (Å²) in [4.78, 5) is 4.98. The fourth-order valence-corrected chi connectivity index (χ4v) is 4.23. The molecule has 0 unspecified atom stereocenters. The van der Waals surface area contributed by atoms with Gasteiger partial charge in [-0.25, -0.2) is 0 Å². The standard InChI is InChI=1S/C18H27N5O2/c1-15-3-4-17(25-15)11-22-6-2-5-18(12-22)13-23(7-8-24-14-18)10-16-9-19-21-20-16/h3-4,9H,2,5-8,10-14H2,1H3,(H,19,20,21)/t18-/m1/s1. The van der Waals surface area contributed by atoms with Gasteiger partial charge in [0.15, 0.2) is 0 Å². The summed E-state index contributed by atoms with van der Waals surface area (Å²) in [6.45, 7) is 9.54. The first-order valence-electron chi connectivity index (χ1n) is 9.13. The molecule has 0 amide bonds. The minimum atomic E-state index is 0.195. The van der Waals surface area contributed by atoms with Crippen LogP contribution in [-0.4, -0.2) is 64.6 Å². The van der Waals surface area contributed by atoms with Crippen LogP contribution < -0.4 is 0 Å². The molecule has 7 heteroatoms. The fourth-order valence-electron chi connectivity index (χ4n) is 4.23. The number of ether oxygens (including phenoxy) is 1. The van der Waals surface area contributed by atoms with E-state index in [4.69, 9.17) is 9.15 Å². The Balaban J connectivity index is 1.42. The van der Waals surface area contributed by atoms with Gasteiger partial charge >= 0.3 is 0 Å². The van der Waals surface area contributed by atoms with Gasteiger partial charge in [-0.05, 0) is 38.4 Å². The zero-order valence-corrected chi connectivity index (χ0v) is 14.9. The molecule has 7 nitrogen and oxygen atoms in total. The minimum absolute atomic E-state index is 0.195. The maximum absolute atomic E-state index is 6.00. The molecule has 2 aromatic heterocycles. The van der Waals surface area contributed by atoms with Crippen LogP contribution in [-0.2, 0) is 17.8 Å². The molecule has 2 aliphatic rings. The molecule has 2 aliphatic heterocycles. The predicted octanol–water partition coefficient (Wildman–Crippen LogP) is 1.82. The van der Waals surface area contributed by atoms with Crippen molar-refractivity contribution in [3.8, 4) is 0 Å². The highest BCUT2D eigenvalue weighted by molar-refractivity contribution is 5.06. The molecule has 4 rings (SSSR count).